The fourth-order valence-corrected chi connectivity index (χ4v) is 3.44. The van der Waals surface area contributed by atoms with Crippen LogP contribution >= 0.6 is 0 Å². The molecule has 2 rings (SSSR count). The molecule has 0 unspecified atom stereocenters. The maximum absolute atomic E-state index is 9.74. The molecule has 0 heterocycles. The van der Waals surface area contributed by atoms with E-state index in [4.69, 9.17) is 4.74 Å². The van der Waals surface area contributed by atoms with Crippen LogP contribution in [-0.2, 0) is 11.3 Å². The van der Waals surface area contributed by atoms with Gasteiger partial charge in [0.2, 0.25) is 0 Å². The van der Waals surface area contributed by atoms with Crippen LogP contribution in [0.25, 0.3) is 0 Å². The van der Waals surface area contributed by atoms with Crippen LogP contribution in [0.15, 0.2) is 24.3 Å². The highest BCUT2D eigenvalue weighted by atomic mass is 16.5. The number of aromatic hydroxyl groups is 1. The highest BCUT2D eigenvalue weighted by Crippen LogP contribution is 2.25. The molecule has 1 aromatic carbocycles. The van der Waals surface area contributed by atoms with E-state index in [1.807, 2.05) is 12.1 Å². The van der Waals surface area contributed by atoms with Crippen molar-refractivity contribution in [2.24, 2.45) is 0 Å². The van der Waals surface area contributed by atoms with Crippen molar-refractivity contribution in [1.29, 1.82) is 0 Å². The Labute approximate surface area is 140 Å². The zero-order valence-electron chi connectivity index (χ0n) is 14.3. The van der Waals surface area contributed by atoms with Crippen molar-refractivity contribution in [3.05, 3.63) is 29.8 Å². The molecule has 4 heteroatoms. The van der Waals surface area contributed by atoms with Gasteiger partial charge in [0.15, 0.2) is 0 Å². The molecular formula is C19H31NO3. The Morgan fingerprint density at radius 1 is 1.13 bits per heavy atom. The zero-order valence-corrected chi connectivity index (χ0v) is 14.3. The number of hydrogen-bond acceptors (Lipinski definition) is 4. The molecule has 1 aromatic rings. The first-order chi connectivity index (χ1) is 11.2. The van der Waals surface area contributed by atoms with Gasteiger partial charge in [-0.3, -0.25) is 4.90 Å². The van der Waals surface area contributed by atoms with Gasteiger partial charge in [0.05, 0.1) is 6.10 Å². The lowest BCUT2D eigenvalue weighted by atomic mass is 9.91. The van der Waals surface area contributed by atoms with Crippen LogP contribution in [-0.4, -0.2) is 47.5 Å². The third-order valence-corrected chi connectivity index (χ3v) is 4.77. The Bertz CT molecular complexity index is 444. The molecule has 130 valence electrons. The number of unbranched alkanes of at least 4 members (excludes halogenated alkanes) is 2. The summed E-state index contributed by atoms with van der Waals surface area (Å²) in [7, 11) is 1.75. The van der Waals surface area contributed by atoms with Crippen LogP contribution in [0.2, 0.25) is 0 Å². The van der Waals surface area contributed by atoms with Gasteiger partial charge < -0.3 is 14.9 Å². The molecule has 0 bridgehead atoms. The van der Waals surface area contributed by atoms with E-state index >= 15 is 0 Å². The molecule has 1 fully saturated rings. The quantitative estimate of drug-likeness (QED) is 0.685. The van der Waals surface area contributed by atoms with E-state index in [0.717, 1.165) is 57.4 Å². The summed E-state index contributed by atoms with van der Waals surface area (Å²) >= 11 is 0. The number of ether oxygens (including phenoxy) is 1. The van der Waals surface area contributed by atoms with Gasteiger partial charge in [-0.2, -0.15) is 0 Å². The summed E-state index contributed by atoms with van der Waals surface area (Å²) < 4.78 is 5.12. The van der Waals surface area contributed by atoms with Crippen molar-refractivity contribution in [1.82, 2.24) is 4.90 Å². The largest absolute Gasteiger partial charge is 0.508 e. The number of hydrogen-bond donors (Lipinski definition) is 2. The Kier molecular flexibility index (Phi) is 7.86. The van der Waals surface area contributed by atoms with E-state index in [-0.39, 0.29) is 6.10 Å². The Morgan fingerprint density at radius 3 is 2.61 bits per heavy atom. The van der Waals surface area contributed by atoms with Crippen LogP contribution in [0, 0.1) is 0 Å². The fourth-order valence-electron chi connectivity index (χ4n) is 3.44. The monoisotopic (exact) mass is 321 g/mol. The third-order valence-electron chi connectivity index (χ3n) is 4.77. The summed E-state index contributed by atoms with van der Waals surface area (Å²) in [6.07, 6.45) is 7.29. The lowest BCUT2D eigenvalue weighted by Gasteiger charge is -2.36. The van der Waals surface area contributed by atoms with Crippen LogP contribution in [0.1, 0.15) is 50.5 Å². The second kappa shape index (κ2) is 9.91. The number of phenols is 1. The lowest BCUT2D eigenvalue weighted by Crippen LogP contribution is -2.39. The molecule has 4 nitrogen and oxygen atoms in total. The van der Waals surface area contributed by atoms with E-state index in [1.54, 1.807) is 13.2 Å². The maximum atomic E-state index is 9.74. The first-order valence-corrected chi connectivity index (χ1v) is 8.88. The summed E-state index contributed by atoms with van der Waals surface area (Å²) in [5.74, 6) is 0.335. The molecule has 0 radical (unpaired) electrons. The molecule has 23 heavy (non-hydrogen) atoms. The van der Waals surface area contributed by atoms with Crippen LogP contribution in [0.5, 0.6) is 5.75 Å². The topological polar surface area (TPSA) is 52.9 Å². The molecule has 1 saturated carbocycles. The van der Waals surface area contributed by atoms with Crippen LogP contribution in [0.3, 0.4) is 0 Å². The van der Waals surface area contributed by atoms with Crippen molar-refractivity contribution in [3.63, 3.8) is 0 Å². The molecule has 0 aliphatic heterocycles. The number of rotatable bonds is 9. The van der Waals surface area contributed by atoms with E-state index in [0.29, 0.717) is 11.8 Å². The van der Waals surface area contributed by atoms with Gasteiger partial charge in [-0.1, -0.05) is 12.1 Å². The molecule has 1 aliphatic rings. The summed E-state index contributed by atoms with van der Waals surface area (Å²) in [5.41, 5.74) is 1.16. The third kappa shape index (κ3) is 6.50. The second-order valence-electron chi connectivity index (χ2n) is 6.66. The average molecular weight is 321 g/mol. The second-order valence-corrected chi connectivity index (χ2v) is 6.66. The standard InChI is InChI=1S/C19H31NO3/c1-23-13-4-2-3-12-20(17-8-10-18(21)11-9-17)15-16-6-5-7-19(22)14-16/h5-7,14,17-18,21-22H,2-4,8-13,15H2,1H3. The number of aliphatic hydroxyl groups excluding tert-OH is 1. The van der Waals surface area contributed by atoms with E-state index in [9.17, 15) is 10.2 Å². The molecule has 0 amide bonds. The molecule has 2 N–H and O–H groups in total. The van der Waals surface area contributed by atoms with Gasteiger partial charge in [-0.15, -0.1) is 0 Å². The van der Waals surface area contributed by atoms with Crippen LogP contribution < -0.4 is 0 Å². The smallest absolute Gasteiger partial charge is 0.115 e. The highest BCUT2D eigenvalue weighted by Gasteiger charge is 2.24. The molecule has 0 saturated heterocycles. The van der Waals surface area contributed by atoms with E-state index in [2.05, 4.69) is 11.0 Å². The zero-order chi connectivity index (χ0) is 16.5. The molecular weight excluding hydrogens is 290 g/mol. The Balaban J connectivity index is 1.90. The minimum Gasteiger partial charge on any atom is -0.508 e. The van der Waals surface area contributed by atoms with Gasteiger partial charge in [-0.05, 0) is 69.2 Å². The first-order valence-electron chi connectivity index (χ1n) is 8.88. The molecule has 1 aliphatic carbocycles. The normalized spacial score (nSPS) is 21.7. The van der Waals surface area contributed by atoms with E-state index in [1.165, 1.54) is 12.8 Å². The van der Waals surface area contributed by atoms with Crippen molar-refractivity contribution in [2.75, 3.05) is 20.3 Å². The van der Waals surface area contributed by atoms with Crippen molar-refractivity contribution < 1.29 is 14.9 Å². The predicted molar refractivity (Wildman–Crippen MR) is 92.5 cm³/mol. The number of aliphatic hydroxyl groups is 1. The lowest BCUT2D eigenvalue weighted by molar-refractivity contribution is 0.0689. The first kappa shape index (κ1) is 18.2. The van der Waals surface area contributed by atoms with Gasteiger partial charge in [-0.25, -0.2) is 0 Å². The SMILES string of the molecule is COCCCCCN(Cc1cccc(O)c1)C1CCC(O)CC1. The van der Waals surface area contributed by atoms with Gasteiger partial charge >= 0.3 is 0 Å². The predicted octanol–water partition coefficient (Wildman–Crippen LogP) is 3.31. The van der Waals surface area contributed by atoms with Crippen molar-refractivity contribution in [3.8, 4) is 5.75 Å². The summed E-state index contributed by atoms with van der Waals surface area (Å²) in [6, 6.07) is 8.11. The summed E-state index contributed by atoms with van der Waals surface area (Å²) in [5, 5.41) is 19.4. The Hall–Kier alpha value is -1.10. The van der Waals surface area contributed by atoms with E-state index < -0.39 is 0 Å². The number of phenolic OH excluding ortho intramolecular Hbond substituents is 1. The fraction of sp³-hybridized carbons (Fsp3) is 0.684. The van der Waals surface area contributed by atoms with Crippen molar-refractivity contribution in [2.45, 2.75) is 63.6 Å². The van der Waals surface area contributed by atoms with Gasteiger partial charge in [0.1, 0.15) is 5.75 Å². The van der Waals surface area contributed by atoms with Crippen molar-refractivity contribution >= 4 is 0 Å². The minimum absolute atomic E-state index is 0.115. The van der Waals surface area contributed by atoms with Gasteiger partial charge in [0.25, 0.3) is 0 Å². The average Bonchev–Trinajstić information content (AvgIpc) is 2.54. The molecule has 0 spiro atoms. The summed E-state index contributed by atoms with van der Waals surface area (Å²) in [4.78, 5) is 2.54. The Morgan fingerprint density at radius 2 is 1.91 bits per heavy atom. The maximum Gasteiger partial charge on any atom is 0.115 e. The number of benzene rings is 1. The summed E-state index contributed by atoms with van der Waals surface area (Å²) in [6.45, 7) is 2.78. The number of nitrogens with zero attached hydrogens (tertiary/aromatic N) is 1. The molecule has 0 atom stereocenters. The van der Waals surface area contributed by atoms with Crippen LogP contribution in [0.4, 0.5) is 0 Å². The molecule has 0 aromatic heterocycles. The minimum atomic E-state index is -0.115. The highest BCUT2D eigenvalue weighted by molar-refractivity contribution is 5.27. The number of methoxy groups -OCH3 is 1. The van der Waals surface area contributed by atoms with Gasteiger partial charge in [0, 0.05) is 26.3 Å².